The lowest BCUT2D eigenvalue weighted by Crippen LogP contribution is -2.11. The van der Waals surface area contributed by atoms with Crippen LogP contribution in [-0.4, -0.2) is 11.7 Å². The fourth-order valence-electron chi connectivity index (χ4n) is 1.43. The Kier molecular flexibility index (Phi) is 3.71. The zero-order valence-corrected chi connectivity index (χ0v) is 10.7. The molecule has 0 saturated heterocycles. The fourth-order valence-corrected chi connectivity index (χ4v) is 2.22. The topological polar surface area (TPSA) is 46.2 Å². The Labute approximate surface area is 111 Å². The van der Waals surface area contributed by atoms with Crippen molar-refractivity contribution in [2.45, 2.75) is 6.92 Å². The van der Waals surface area contributed by atoms with E-state index in [0.717, 1.165) is 29.5 Å². The van der Waals surface area contributed by atoms with Crippen molar-refractivity contribution in [1.82, 2.24) is 0 Å². The lowest BCUT2D eigenvalue weighted by Gasteiger charge is -2.04. The second-order valence-electron chi connectivity index (χ2n) is 3.80. The Morgan fingerprint density at radius 2 is 1.79 bits per heavy atom. The van der Waals surface area contributed by atoms with Crippen molar-refractivity contribution in [3.8, 4) is 0 Å². The summed E-state index contributed by atoms with van der Waals surface area (Å²) >= 11 is 1.00. The van der Waals surface area contributed by atoms with Gasteiger partial charge in [-0.25, -0.2) is 8.78 Å². The summed E-state index contributed by atoms with van der Waals surface area (Å²) < 4.78 is 26.3. The third-order valence-corrected chi connectivity index (χ3v) is 3.54. The number of ketones is 1. The first-order chi connectivity index (χ1) is 8.97. The Balaban J connectivity index is 2.20. The zero-order valence-electron chi connectivity index (χ0n) is 9.87. The molecular formula is C13H9F2NO2S. The number of Topliss-reactive ketones (excluding diaryl/α,β-unsaturated/α-hetero) is 1. The van der Waals surface area contributed by atoms with E-state index in [0.29, 0.717) is 4.88 Å². The van der Waals surface area contributed by atoms with Crippen LogP contribution in [0.5, 0.6) is 0 Å². The number of carbonyl (C=O) groups excluding carboxylic acids is 2. The standard InChI is InChI=1S/C13H9F2NO2S/c1-7(17)11-4-5-12(19-11)13(18)16-10-6-8(14)2-3-9(10)15/h2-6H,1H3,(H,16,18). The zero-order chi connectivity index (χ0) is 14.0. The summed E-state index contributed by atoms with van der Waals surface area (Å²) in [5, 5.41) is 2.26. The highest BCUT2D eigenvalue weighted by Crippen LogP contribution is 2.20. The maximum absolute atomic E-state index is 13.3. The minimum Gasteiger partial charge on any atom is -0.319 e. The number of rotatable bonds is 3. The second-order valence-corrected chi connectivity index (χ2v) is 4.88. The number of amides is 1. The first-order valence-corrected chi connectivity index (χ1v) is 6.16. The number of anilines is 1. The summed E-state index contributed by atoms with van der Waals surface area (Å²) in [4.78, 5) is 23.6. The van der Waals surface area contributed by atoms with E-state index < -0.39 is 17.5 Å². The molecule has 0 radical (unpaired) electrons. The molecule has 19 heavy (non-hydrogen) atoms. The minimum atomic E-state index is -0.724. The smallest absolute Gasteiger partial charge is 0.265 e. The number of nitrogens with one attached hydrogen (secondary N) is 1. The van der Waals surface area contributed by atoms with Gasteiger partial charge in [0.15, 0.2) is 5.78 Å². The van der Waals surface area contributed by atoms with E-state index in [1.807, 2.05) is 0 Å². The molecule has 1 amide bonds. The number of hydrogen-bond acceptors (Lipinski definition) is 3. The van der Waals surface area contributed by atoms with Gasteiger partial charge in [-0.2, -0.15) is 0 Å². The van der Waals surface area contributed by atoms with E-state index in [-0.39, 0.29) is 16.3 Å². The third kappa shape index (κ3) is 3.03. The first kappa shape index (κ1) is 13.4. The van der Waals surface area contributed by atoms with E-state index in [1.54, 1.807) is 0 Å². The van der Waals surface area contributed by atoms with Crippen LogP contribution in [0.3, 0.4) is 0 Å². The van der Waals surface area contributed by atoms with Gasteiger partial charge in [0.25, 0.3) is 5.91 Å². The van der Waals surface area contributed by atoms with E-state index >= 15 is 0 Å². The molecule has 0 atom stereocenters. The van der Waals surface area contributed by atoms with Crippen molar-refractivity contribution in [1.29, 1.82) is 0 Å². The molecule has 0 bridgehead atoms. The lowest BCUT2D eigenvalue weighted by molar-refractivity contribution is 0.101. The van der Waals surface area contributed by atoms with Crippen LogP contribution in [0, 0.1) is 11.6 Å². The number of halogens is 2. The van der Waals surface area contributed by atoms with Gasteiger partial charge in [-0.15, -0.1) is 11.3 Å². The molecule has 0 spiro atoms. The van der Waals surface area contributed by atoms with Crippen LogP contribution in [0.4, 0.5) is 14.5 Å². The molecule has 1 heterocycles. The minimum absolute atomic E-state index is 0.152. The molecule has 0 aliphatic heterocycles. The normalized spacial score (nSPS) is 10.3. The molecule has 1 aromatic carbocycles. The van der Waals surface area contributed by atoms with E-state index in [4.69, 9.17) is 0 Å². The third-order valence-electron chi connectivity index (χ3n) is 2.35. The summed E-state index contributed by atoms with van der Waals surface area (Å²) in [5.74, 6) is -2.10. The van der Waals surface area contributed by atoms with Crippen molar-refractivity contribution in [3.63, 3.8) is 0 Å². The average molecular weight is 281 g/mol. The fraction of sp³-hybridized carbons (Fsp3) is 0.0769. The van der Waals surface area contributed by atoms with E-state index in [9.17, 15) is 18.4 Å². The molecule has 6 heteroatoms. The number of thiophene rings is 1. The summed E-state index contributed by atoms with van der Waals surface area (Å²) in [7, 11) is 0. The number of carbonyl (C=O) groups is 2. The largest absolute Gasteiger partial charge is 0.319 e. The van der Waals surface area contributed by atoms with Crippen LogP contribution in [-0.2, 0) is 0 Å². The second kappa shape index (κ2) is 5.27. The Morgan fingerprint density at radius 1 is 1.11 bits per heavy atom. The van der Waals surface area contributed by atoms with Gasteiger partial charge in [-0.3, -0.25) is 9.59 Å². The SMILES string of the molecule is CC(=O)c1ccc(C(=O)Nc2cc(F)ccc2F)s1. The van der Waals surface area contributed by atoms with E-state index in [1.165, 1.54) is 19.1 Å². The van der Waals surface area contributed by atoms with Crippen LogP contribution in [0.15, 0.2) is 30.3 Å². The summed E-state index contributed by atoms with van der Waals surface area (Å²) in [5.41, 5.74) is -0.234. The van der Waals surface area contributed by atoms with Gasteiger partial charge >= 0.3 is 0 Å². The van der Waals surface area contributed by atoms with Crippen LogP contribution in [0.2, 0.25) is 0 Å². The van der Waals surface area contributed by atoms with Gasteiger partial charge in [-0.05, 0) is 31.2 Å². The van der Waals surface area contributed by atoms with Gasteiger partial charge in [0.1, 0.15) is 11.6 Å². The quantitative estimate of drug-likeness (QED) is 0.875. The highest BCUT2D eigenvalue weighted by Gasteiger charge is 2.13. The first-order valence-electron chi connectivity index (χ1n) is 5.34. The highest BCUT2D eigenvalue weighted by molar-refractivity contribution is 7.16. The molecule has 0 unspecified atom stereocenters. The molecule has 3 nitrogen and oxygen atoms in total. The molecule has 1 N–H and O–H groups in total. The molecule has 98 valence electrons. The summed E-state index contributed by atoms with van der Waals surface area (Å²) in [6.07, 6.45) is 0. The van der Waals surface area contributed by atoms with Crippen molar-refractivity contribution < 1.29 is 18.4 Å². The molecule has 0 aliphatic rings. The molecule has 0 saturated carbocycles. The average Bonchev–Trinajstić information content (AvgIpc) is 2.83. The molecular weight excluding hydrogens is 272 g/mol. The molecule has 0 fully saturated rings. The predicted octanol–water partition coefficient (Wildman–Crippen LogP) is 3.48. The van der Waals surface area contributed by atoms with Crippen molar-refractivity contribution in [2.75, 3.05) is 5.32 Å². The van der Waals surface area contributed by atoms with Gasteiger partial charge < -0.3 is 5.32 Å². The lowest BCUT2D eigenvalue weighted by atomic mass is 10.3. The molecule has 0 aliphatic carbocycles. The maximum Gasteiger partial charge on any atom is 0.265 e. The monoisotopic (exact) mass is 281 g/mol. The Hall–Kier alpha value is -2.08. The highest BCUT2D eigenvalue weighted by atomic mass is 32.1. The van der Waals surface area contributed by atoms with Crippen LogP contribution in [0.25, 0.3) is 0 Å². The van der Waals surface area contributed by atoms with Gasteiger partial charge in [0, 0.05) is 6.07 Å². The van der Waals surface area contributed by atoms with Crippen LogP contribution >= 0.6 is 11.3 Å². The van der Waals surface area contributed by atoms with Gasteiger partial charge in [-0.1, -0.05) is 0 Å². The molecule has 2 rings (SSSR count). The van der Waals surface area contributed by atoms with E-state index in [2.05, 4.69) is 5.32 Å². The summed E-state index contributed by atoms with van der Waals surface area (Å²) in [6.45, 7) is 1.39. The number of hydrogen-bond donors (Lipinski definition) is 1. The van der Waals surface area contributed by atoms with Crippen LogP contribution in [0.1, 0.15) is 26.3 Å². The summed E-state index contributed by atoms with van der Waals surface area (Å²) in [6, 6.07) is 5.77. The predicted molar refractivity (Wildman–Crippen MR) is 68.6 cm³/mol. The molecule has 2 aromatic rings. The Morgan fingerprint density at radius 3 is 2.42 bits per heavy atom. The van der Waals surface area contributed by atoms with Gasteiger partial charge in [0.2, 0.25) is 0 Å². The van der Waals surface area contributed by atoms with Crippen LogP contribution < -0.4 is 5.32 Å². The Bertz CT molecular complexity index is 652. The van der Waals surface area contributed by atoms with Crippen molar-refractivity contribution >= 4 is 28.7 Å². The van der Waals surface area contributed by atoms with Crippen molar-refractivity contribution in [2.24, 2.45) is 0 Å². The maximum atomic E-state index is 13.3. The molecule has 1 aromatic heterocycles. The number of benzene rings is 1. The van der Waals surface area contributed by atoms with Crippen molar-refractivity contribution in [3.05, 3.63) is 51.7 Å². The van der Waals surface area contributed by atoms with Gasteiger partial charge in [0.05, 0.1) is 15.4 Å².